The molecular weight excluding hydrogens is 390 g/mol. The minimum atomic E-state index is -1.13. The number of amides is 2. The van der Waals surface area contributed by atoms with Gasteiger partial charge in [-0.3, -0.25) is 9.59 Å². The first-order valence-corrected chi connectivity index (χ1v) is 9.36. The number of carbonyl (C=O) groups excluding carboxylic acids is 2. The predicted molar refractivity (Wildman–Crippen MR) is 106 cm³/mol. The first kappa shape index (κ1) is 19.6. The zero-order chi connectivity index (χ0) is 19.8. The molecule has 4 nitrogen and oxygen atoms in total. The molecule has 0 heterocycles. The number of hydrogen-bond acceptors (Lipinski definition) is 2. The number of hydrogen-bond donors (Lipinski definition) is 2. The molecule has 3 rings (SSSR count). The summed E-state index contributed by atoms with van der Waals surface area (Å²) in [5, 5.41) is 6.34. The van der Waals surface area contributed by atoms with Gasteiger partial charge in [0.15, 0.2) is 0 Å². The van der Waals surface area contributed by atoms with E-state index in [4.69, 9.17) is 23.2 Å². The van der Waals surface area contributed by atoms with Crippen molar-refractivity contribution in [3.63, 3.8) is 0 Å². The molecule has 0 radical (unpaired) electrons. The Labute approximate surface area is 167 Å². The molecule has 0 unspecified atom stereocenters. The van der Waals surface area contributed by atoms with Crippen molar-refractivity contribution in [2.75, 3.05) is 10.6 Å². The van der Waals surface area contributed by atoms with Gasteiger partial charge in [-0.05, 0) is 60.7 Å². The largest absolute Gasteiger partial charge is 0.325 e. The van der Waals surface area contributed by atoms with Crippen LogP contribution < -0.4 is 10.6 Å². The molecule has 0 spiro atoms. The maximum absolute atomic E-state index is 13.0. The van der Waals surface area contributed by atoms with Crippen molar-refractivity contribution in [2.45, 2.75) is 32.6 Å². The number of halogens is 3. The van der Waals surface area contributed by atoms with E-state index in [0.29, 0.717) is 34.3 Å². The summed E-state index contributed by atoms with van der Waals surface area (Å²) < 4.78 is 13.0. The highest BCUT2D eigenvalue weighted by Crippen LogP contribution is 2.48. The number of rotatable bonds is 5. The summed E-state index contributed by atoms with van der Waals surface area (Å²) in [6.07, 6.45) is 0.884. The Bertz CT molecular complexity index is 870. The fraction of sp³-hybridized carbons (Fsp3) is 0.300. The third kappa shape index (κ3) is 4.09. The molecule has 2 amide bonds. The van der Waals surface area contributed by atoms with Crippen LogP contribution in [0.25, 0.3) is 0 Å². The summed E-state index contributed by atoms with van der Waals surface area (Å²) in [5.74, 6) is -1.08. The zero-order valence-electron chi connectivity index (χ0n) is 14.9. The zero-order valence-corrected chi connectivity index (χ0v) is 16.4. The van der Waals surface area contributed by atoms with Crippen molar-refractivity contribution in [1.29, 1.82) is 0 Å². The first-order chi connectivity index (χ1) is 12.7. The molecule has 0 aromatic heterocycles. The summed E-state index contributed by atoms with van der Waals surface area (Å²) >= 11 is 12.6. The van der Waals surface area contributed by atoms with Gasteiger partial charge in [0.1, 0.15) is 11.2 Å². The maximum Gasteiger partial charge on any atom is 0.240 e. The Morgan fingerprint density at radius 2 is 1.44 bits per heavy atom. The molecule has 1 fully saturated rings. The van der Waals surface area contributed by atoms with E-state index in [1.165, 1.54) is 24.3 Å². The summed E-state index contributed by atoms with van der Waals surface area (Å²) in [6.45, 7) is 3.95. The van der Waals surface area contributed by atoms with Crippen LogP contribution in [0.4, 0.5) is 15.8 Å². The summed E-state index contributed by atoms with van der Waals surface area (Å²) in [7, 11) is 0. The predicted octanol–water partition coefficient (Wildman–Crippen LogP) is 5.61. The van der Waals surface area contributed by atoms with Gasteiger partial charge in [-0.15, -0.1) is 0 Å². The molecule has 2 aromatic rings. The van der Waals surface area contributed by atoms with Crippen molar-refractivity contribution in [3.05, 3.63) is 57.8 Å². The lowest BCUT2D eigenvalue weighted by molar-refractivity contribution is -0.131. The second-order valence-electron chi connectivity index (χ2n) is 7.01. The van der Waals surface area contributed by atoms with Gasteiger partial charge in [0, 0.05) is 21.4 Å². The summed E-state index contributed by atoms with van der Waals surface area (Å²) in [5.41, 5.74) is 0.559. The molecule has 0 atom stereocenters. The van der Waals surface area contributed by atoms with Crippen LogP contribution in [0.2, 0.25) is 10.0 Å². The highest BCUT2D eigenvalue weighted by Gasteiger charge is 2.56. The van der Waals surface area contributed by atoms with Crippen molar-refractivity contribution in [2.24, 2.45) is 5.41 Å². The molecule has 1 aliphatic carbocycles. The Morgan fingerprint density at radius 3 is 1.89 bits per heavy atom. The number of anilines is 2. The average molecular weight is 409 g/mol. The van der Waals surface area contributed by atoms with Crippen LogP contribution in [0.3, 0.4) is 0 Å². The van der Waals surface area contributed by atoms with Gasteiger partial charge in [-0.25, -0.2) is 4.39 Å². The first-order valence-electron chi connectivity index (χ1n) is 8.60. The number of benzene rings is 2. The maximum atomic E-state index is 13.0. The molecule has 27 heavy (non-hydrogen) atoms. The van der Waals surface area contributed by atoms with Crippen molar-refractivity contribution in [1.82, 2.24) is 0 Å². The van der Waals surface area contributed by atoms with Gasteiger partial charge in [-0.2, -0.15) is 0 Å². The lowest BCUT2D eigenvalue weighted by atomic mass is 10.0. The van der Waals surface area contributed by atoms with E-state index in [2.05, 4.69) is 10.6 Å². The molecule has 0 bridgehead atoms. The quantitative estimate of drug-likeness (QED) is 0.631. The Balaban J connectivity index is 1.73. The third-order valence-electron chi connectivity index (χ3n) is 4.64. The van der Waals surface area contributed by atoms with Gasteiger partial charge in [0.2, 0.25) is 11.8 Å². The highest BCUT2D eigenvalue weighted by atomic mass is 35.5. The van der Waals surface area contributed by atoms with E-state index in [9.17, 15) is 14.0 Å². The van der Waals surface area contributed by atoms with Crippen molar-refractivity contribution in [3.8, 4) is 0 Å². The molecule has 1 aliphatic rings. The van der Waals surface area contributed by atoms with Crippen LogP contribution >= 0.6 is 23.2 Å². The van der Waals surface area contributed by atoms with E-state index >= 15 is 0 Å². The molecule has 2 aromatic carbocycles. The number of nitrogens with one attached hydrogen (secondary N) is 2. The molecule has 0 saturated heterocycles. The van der Waals surface area contributed by atoms with Crippen LogP contribution in [0.15, 0.2) is 36.4 Å². The van der Waals surface area contributed by atoms with E-state index in [0.717, 1.165) is 5.56 Å². The molecular formula is C20H19Cl2FN2O2. The van der Waals surface area contributed by atoms with Crippen molar-refractivity contribution >= 4 is 46.4 Å². The third-order valence-corrected chi connectivity index (χ3v) is 5.26. The second-order valence-corrected chi connectivity index (χ2v) is 7.82. The summed E-state index contributed by atoms with van der Waals surface area (Å²) in [4.78, 5) is 25.3. The number of carbonyl (C=O) groups is 2. The lowest BCUT2D eigenvalue weighted by Crippen LogP contribution is -2.35. The molecule has 0 aliphatic heterocycles. The standard InChI is InChI=1S/C20H19Cl2FN2O2/c1-11(2)17-15(21)9-14(10-16(17)22)25-19(27)20(7-8-20)18(26)24-13-5-3-12(23)4-6-13/h3-6,9-11H,7-8H2,1-2H3,(H,24,26)(H,25,27). The van der Waals surface area contributed by atoms with E-state index in [1.54, 1.807) is 12.1 Å². The van der Waals surface area contributed by atoms with Crippen LogP contribution in [-0.2, 0) is 9.59 Å². The minimum Gasteiger partial charge on any atom is -0.325 e. The lowest BCUT2D eigenvalue weighted by Gasteiger charge is -2.17. The molecule has 7 heteroatoms. The van der Waals surface area contributed by atoms with E-state index < -0.39 is 23.0 Å². The van der Waals surface area contributed by atoms with Gasteiger partial charge in [0.25, 0.3) is 0 Å². The van der Waals surface area contributed by atoms with E-state index in [-0.39, 0.29) is 5.92 Å². The summed E-state index contributed by atoms with van der Waals surface area (Å²) in [6, 6.07) is 8.66. The monoisotopic (exact) mass is 408 g/mol. The Kier molecular flexibility index (Phi) is 5.45. The minimum absolute atomic E-state index is 0.144. The van der Waals surface area contributed by atoms with Crippen LogP contribution in [0.5, 0.6) is 0 Å². The SMILES string of the molecule is CC(C)c1c(Cl)cc(NC(=O)C2(C(=O)Nc3ccc(F)cc3)CC2)cc1Cl. The van der Waals surface area contributed by atoms with Gasteiger partial charge < -0.3 is 10.6 Å². The van der Waals surface area contributed by atoms with E-state index in [1.807, 2.05) is 13.8 Å². The molecule has 1 saturated carbocycles. The van der Waals surface area contributed by atoms with Crippen LogP contribution in [0.1, 0.15) is 38.2 Å². The fourth-order valence-corrected chi connectivity index (χ4v) is 3.85. The van der Waals surface area contributed by atoms with Crippen LogP contribution in [0, 0.1) is 11.2 Å². The molecule has 142 valence electrons. The Hall–Kier alpha value is -2.11. The van der Waals surface area contributed by atoms with Gasteiger partial charge in [0.05, 0.1) is 0 Å². The highest BCUT2D eigenvalue weighted by molar-refractivity contribution is 6.36. The van der Waals surface area contributed by atoms with Crippen molar-refractivity contribution < 1.29 is 14.0 Å². The van der Waals surface area contributed by atoms with Gasteiger partial charge in [-0.1, -0.05) is 37.0 Å². The Morgan fingerprint density at radius 1 is 0.963 bits per heavy atom. The topological polar surface area (TPSA) is 58.2 Å². The average Bonchev–Trinajstić information content (AvgIpc) is 3.38. The fourth-order valence-electron chi connectivity index (χ4n) is 2.92. The van der Waals surface area contributed by atoms with Gasteiger partial charge >= 0.3 is 0 Å². The second kappa shape index (κ2) is 7.49. The molecule has 2 N–H and O–H groups in total. The normalized spacial score (nSPS) is 14.7. The smallest absolute Gasteiger partial charge is 0.240 e. The van der Waals surface area contributed by atoms with Crippen LogP contribution in [-0.4, -0.2) is 11.8 Å².